The van der Waals surface area contributed by atoms with E-state index in [1.807, 2.05) is 6.92 Å². The first-order valence-electron chi connectivity index (χ1n) is 7.13. The fraction of sp³-hybridized carbons (Fsp3) is 0.467. The summed E-state index contributed by atoms with van der Waals surface area (Å²) >= 11 is 0. The van der Waals surface area contributed by atoms with Crippen molar-refractivity contribution in [1.29, 1.82) is 0 Å². The number of amides is 2. The molecule has 0 unspecified atom stereocenters. The normalized spacial score (nSPS) is 14.3. The van der Waals surface area contributed by atoms with Crippen LogP contribution in [0, 0.1) is 5.92 Å². The van der Waals surface area contributed by atoms with E-state index in [1.54, 1.807) is 4.90 Å². The zero-order valence-corrected chi connectivity index (χ0v) is 12.0. The Balaban J connectivity index is 2.08. The van der Waals surface area contributed by atoms with Crippen molar-refractivity contribution in [2.24, 2.45) is 5.92 Å². The maximum absolute atomic E-state index is 12.2. The second kappa shape index (κ2) is 6.47. The van der Waals surface area contributed by atoms with E-state index in [4.69, 9.17) is 5.11 Å². The summed E-state index contributed by atoms with van der Waals surface area (Å²) in [5.41, 5.74) is 0.0698. The van der Waals surface area contributed by atoms with Gasteiger partial charge in [-0.3, -0.25) is 0 Å². The molecule has 2 amide bonds. The van der Waals surface area contributed by atoms with E-state index in [1.165, 1.54) is 18.6 Å². The lowest BCUT2D eigenvalue weighted by molar-refractivity contribution is 0.0697. The molecule has 6 heteroatoms. The third-order valence-electron chi connectivity index (χ3n) is 3.85. The number of carboxylic acid groups (broad SMARTS) is 1. The molecule has 1 fully saturated rings. The fourth-order valence-corrected chi connectivity index (χ4v) is 2.36. The van der Waals surface area contributed by atoms with Crippen LogP contribution in [0.4, 0.5) is 10.5 Å². The summed E-state index contributed by atoms with van der Waals surface area (Å²) in [7, 11) is 0. The Morgan fingerprint density at radius 1 is 1.38 bits per heavy atom. The Hall–Kier alpha value is -2.24. The second-order valence-corrected chi connectivity index (χ2v) is 5.30. The summed E-state index contributed by atoms with van der Waals surface area (Å²) in [6.07, 6.45) is 3.50. The van der Waals surface area contributed by atoms with Crippen molar-refractivity contribution < 1.29 is 19.8 Å². The Morgan fingerprint density at radius 2 is 2.10 bits per heavy atom. The average molecular weight is 292 g/mol. The molecule has 1 aliphatic carbocycles. The van der Waals surface area contributed by atoms with Crippen LogP contribution in [0.25, 0.3) is 0 Å². The van der Waals surface area contributed by atoms with E-state index in [9.17, 15) is 14.7 Å². The van der Waals surface area contributed by atoms with Crippen molar-refractivity contribution in [2.45, 2.75) is 26.2 Å². The minimum absolute atomic E-state index is 0.122. The molecule has 21 heavy (non-hydrogen) atoms. The molecule has 0 radical (unpaired) electrons. The largest absolute Gasteiger partial charge is 0.508 e. The number of carboxylic acids is 1. The smallest absolute Gasteiger partial charge is 0.337 e. The van der Waals surface area contributed by atoms with Crippen LogP contribution in [-0.4, -0.2) is 40.2 Å². The zero-order chi connectivity index (χ0) is 15.4. The number of hydrogen-bond donors (Lipinski definition) is 3. The summed E-state index contributed by atoms with van der Waals surface area (Å²) in [5, 5.41) is 21.1. The number of urea groups is 1. The van der Waals surface area contributed by atoms with E-state index in [0.717, 1.165) is 18.9 Å². The molecule has 0 saturated heterocycles. The molecule has 0 spiro atoms. The lowest BCUT2D eigenvalue weighted by Gasteiger charge is -2.31. The zero-order valence-electron chi connectivity index (χ0n) is 12.0. The maximum atomic E-state index is 12.2. The van der Waals surface area contributed by atoms with E-state index in [-0.39, 0.29) is 23.0 Å². The molecule has 1 aliphatic rings. The van der Waals surface area contributed by atoms with Gasteiger partial charge < -0.3 is 20.4 Å². The van der Waals surface area contributed by atoms with Crippen molar-refractivity contribution in [2.75, 3.05) is 18.4 Å². The van der Waals surface area contributed by atoms with Gasteiger partial charge in [0, 0.05) is 13.1 Å². The number of carbonyl (C=O) groups excluding carboxylic acids is 1. The fourth-order valence-electron chi connectivity index (χ4n) is 2.36. The van der Waals surface area contributed by atoms with Gasteiger partial charge in [0.15, 0.2) is 0 Å². The minimum Gasteiger partial charge on any atom is -0.508 e. The highest BCUT2D eigenvalue weighted by Gasteiger charge is 2.23. The van der Waals surface area contributed by atoms with Gasteiger partial charge in [0.1, 0.15) is 5.75 Å². The predicted molar refractivity (Wildman–Crippen MR) is 78.7 cm³/mol. The minimum atomic E-state index is -1.19. The lowest BCUT2D eigenvalue weighted by Crippen LogP contribution is -2.40. The number of phenols is 1. The Bertz CT molecular complexity index is 540. The Labute approximate surface area is 123 Å². The average Bonchev–Trinajstić information content (AvgIpc) is 2.39. The highest BCUT2D eigenvalue weighted by Crippen LogP contribution is 2.27. The first kappa shape index (κ1) is 15.2. The van der Waals surface area contributed by atoms with Crippen LogP contribution >= 0.6 is 0 Å². The van der Waals surface area contributed by atoms with Crippen LogP contribution in [0.15, 0.2) is 18.2 Å². The summed E-state index contributed by atoms with van der Waals surface area (Å²) in [6.45, 7) is 3.17. The number of benzene rings is 1. The lowest BCUT2D eigenvalue weighted by atomic mass is 9.85. The van der Waals surface area contributed by atoms with Gasteiger partial charge in [0.2, 0.25) is 0 Å². The molecule has 0 bridgehead atoms. The van der Waals surface area contributed by atoms with Crippen molar-refractivity contribution in [3.05, 3.63) is 23.8 Å². The summed E-state index contributed by atoms with van der Waals surface area (Å²) < 4.78 is 0. The van der Waals surface area contributed by atoms with Crippen LogP contribution in [0.5, 0.6) is 5.75 Å². The molecule has 3 N–H and O–H groups in total. The molecule has 0 heterocycles. The van der Waals surface area contributed by atoms with Crippen LogP contribution in [0.3, 0.4) is 0 Å². The van der Waals surface area contributed by atoms with Crippen LogP contribution < -0.4 is 5.32 Å². The molecular weight excluding hydrogens is 272 g/mol. The first-order chi connectivity index (χ1) is 10.0. The Morgan fingerprint density at radius 3 is 2.62 bits per heavy atom. The summed E-state index contributed by atoms with van der Waals surface area (Å²) in [4.78, 5) is 25.1. The molecule has 1 saturated carbocycles. The quantitative estimate of drug-likeness (QED) is 0.728. The molecule has 2 rings (SSSR count). The van der Waals surface area contributed by atoms with Gasteiger partial charge in [-0.15, -0.1) is 0 Å². The number of carbonyl (C=O) groups is 2. The molecule has 1 aromatic rings. The number of hydrogen-bond acceptors (Lipinski definition) is 3. The third-order valence-corrected chi connectivity index (χ3v) is 3.85. The third kappa shape index (κ3) is 3.65. The standard InChI is InChI=1S/C15H20N2O4/c1-2-17(9-10-4-3-5-10)15(21)16-13-7-6-11(18)8-12(13)14(19)20/h6-8,10,18H,2-5,9H2,1H3,(H,16,21)(H,19,20). The van der Waals surface area contributed by atoms with Crippen molar-refractivity contribution in [3.8, 4) is 5.75 Å². The molecule has 1 aromatic carbocycles. The summed E-state index contributed by atoms with van der Waals surface area (Å²) in [6, 6.07) is 3.57. The molecule has 0 aromatic heterocycles. The van der Waals surface area contributed by atoms with Crippen LogP contribution in [-0.2, 0) is 0 Å². The van der Waals surface area contributed by atoms with Gasteiger partial charge in [0.05, 0.1) is 11.3 Å². The maximum Gasteiger partial charge on any atom is 0.337 e. The van der Waals surface area contributed by atoms with Crippen LogP contribution in [0.1, 0.15) is 36.5 Å². The highest BCUT2D eigenvalue weighted by molar-refractivity contribution is 6.00. The van der Waals surface area contributed by atoms with Crippen molar-refractivity contribution >= 4 is 17.7 Å². The van der Waals surface area contributed by atoms with E-state index in [2.05, 4.69) is 5.32 Å². The summed E-state index contributed by atoms with van der Waals surface area (Å²) in [5.74, 6) is -0.787. The Kier molecular flexibility index (Phi) is 4.67. The van der Waals surface area contributed by atoms with E-state index in [0.29, 0.717) is 19.0 Å². The first-order valence-corrected chi connectivity index (χ1v) is 7.13. The van der Waals surface area contributed by atoms with E-state index < -0.39 is 5.97 Å². The predicted octanol–water partition coefficient (Wildman–Crippen LogP) is 2.74. The SMILES string of the molecule is CCN(CC1CCC1)C(=O)Nc1ccc(O)cc1C(=O)O. The molecule has 6 nitrogen and oxygen atoms in total. The van der Waals surface area contributed by atoms with Crippen molar-refractivity contribution in [3.63, 3.8) is 0 Å². The van der Waals surface area contributed by atoms with E-state index >= 15 is 0 Å². The topological polar surface area (TPSA) is 89.9 Å². The highest BCUT2D eigenvalue weighted by atomic mass is 16.4. The second-order valence-electron chi connectivity index (χ2n) is 5.30. The number of nitrogens with zero attached hydrogens (tertiary/aromatic N) is 1. The van der Waals surface area contributed by atoms with Crippen molar-refractivity contribution in [1.82, 2.24) is 4.90 Å². The monoisotopic (exact) mass is 292 g/mol. The van der Waals surface area contributed by atoms with Crippen LogP contribution in [0.2, 0.25) is 0 Å². The van der Waals surface area contributed by atoms with Gasteiger partial charge in [0.25, 0.3) is 0 Å². The van der Waals surface area contributed by atoms with Gasteiger partial charge in [-0.1, -0.05) is 6.42 Å². The van der Waals surface area contributed by atoms with Gasteiger partial charge in [-0.25, -0.2) is 9.59 Å². The number of rotatable bonds is 5. The van der Waals surface area contributed by atoms with Gasteiger partial charge in [-0.05, 0) is 43.9 Å². The van der Waals surface area contributed by atoms with Gasteiger partial charge in [-0.2, -0.15) is 0 Å². The number of aromatic carboxylic acids is 1. The number of nitrogens with one attached hydrogen (secondary N) is 1. The molecule has 0 aliphatic heterocycles. The van der Waals surface area contributed by atoms with Gasteiger partial charge >= 0.3 is 12.0 Å². The molecule has 0 atom stereocenters. The number of aromatic hydroxyl groups is 1. The number of anilines is 1. The number of phenolic OH excluding ortho intramolecular Hbond substituents is 1. The molecular formula is C15H20N2O4. The molecule has 114 valence electrons.